The highest BCUT2D eigenvalue weighted by Crippen LogP contribution is 2.31. The van der Waals surface area contributed by atoms with E-state index in [9.17, 15) is 13.2 Å². The number of sulfonamides is 1. The van der Waals surface area contributed by atoms with E-state index in [0.717, 1.165) is 16.7 Å². The van der Waals surface area contributed by atoms with E-state index in [1.54, 1.807) is 18.2 Å². The van der Waals surface area contributed by atoms with E-state index >= 15 is 0 Å². The van der Waals surface area contributed by atoms with Crippen molar-refractivity contribution in [2.24, 2.45) is 0 Å². The molecule has 0 spiro atoms. The lowest BCUT2D eigenvalue weighted by Crippen LogP contribution is -2.42. The molecule has 26 heavy (non-hydrogen) atoms. The van der Waals surface area contributed by atoms with E-state index < -0.39 is 10.0 Å². The highest BCUT2D eigenvalue weighted by molar-refractivity contribution is 7.89. The number of benzene rings is 2. The molecule has 0 bridgehead atoms. The maximum absolute atomic E-state index is 13.1. The molecule has 1 N–H and O–H groups in total. The summed E-state index contributed by atoms with van der Waals surface area (Å²) in [6.45, 7) is 2.94. The topological polar surface area (TPSA) is 75.7 Å². The van der Waals surface area contributed by atoms with Crippen molar-refractivity contribution in [1.29, 1.82) is 0 Å². The summed E-state index contributed by atoms with van der Waals surface area (Å²) in [6, 6.07) is 12.7. The van der Waals surface area contributed by atoms with Crippen molar-refractivity contribution >= 4 is 21.6 Å². The monoisotopic (exact) mass is 372 g/mol. The lowest BCUT2D eigenvalue weighted by Gasteiger charge is -2.33. The predicted molar refractivity (Wildman–Crippen MR) is 97.4 cm³/mol. The Morgan fingerprint density at radius 3 is 2.81 bits per heavy atom. The summed E-state index contributed by atoms with van der Waals surface area (Å²) in [7, 11) is -3.64. The molecule has 7 heteroatoms. The number of fused-ring (bicyclic) bond motifs is 1. The van der Waals surface area contributed by atoms with E-state index in [1.807, 2.05) is 31.2 Å². The van der Waals surface area contributed by atoms with Gasteiger partial charge in [0.25, 0.3) is 0 Å². The Bertz CT molecular complexity index is 971. The number of rotatable bonds is 3. The van der Waals surface area contributed by atoms with Gasteiger partial charge in [0.15, 0.2) is 0 Å². The summed E-state index contributed by atoms with van der Waals surface area (Å²) in [6.07, 6.45) is -0.0643. The molecule has 4 rings (SSSR count). The van der Waals surface area contributed by atoms with Crippen LogP contribution in [-0.2, 0) is 26.0 Å². The van der Waals surface area contributed by atoms with Crippen molar-refractivity contribution in [1.82, 2.24) is 4.31 Å². The minimum Gasteiger partial charge on any atom is -0.371 e. The number of morpholine rings is 1. The first-order valence-electron chi connectivity index (χ1n) is 8.55. The third-order valence-electron chi connectivity index (χ3n) is 4.90. The van der Waals surface area contributed by atoms with Gasteiger partial charge in [-0.1, -0.05) is 24.3 Å². The Labute approximate surface area is 152 Å². The molecule has 2 aromatic carbocycles. The number of nitrogens with one attached hydrogen (secondary N) is 1. The average molecular weight is 372 g/mol. The molecule has 6 nitrogen and oxygen atoms in total. The molecule has 2 aliphatic rings. The molecule has 1 fully saturated rings. The third-order valence-corrected chi connectivity index (χ3v) is 6.77. The van der Waals surface area contributed by atoms with Crippen LogP contribution in [0.3, 0.4) is 0 Å². The van der Waals surface area contributed by atoms with Crippen LogP contribution in [-0.4, -0.2) is 38.3 Å². The second kappa shape index (κ2) is 6.50. The molecule has 1 amide bonds. The summed E-state index contributed by atoms with van der Waals surface area (Å²) in [4.78, 5) is 11.7. The molecule has 0 saturated carbocycles. The SMILES string of the molecule is Cc1ccccc1C1CN(S(=O)(=O)c2ccc3c(c2)CC(=O)N3)CCO1. The third kappa shape index (κ3) is 3.02. The van der Waals surface area contributed by atoms with Gasteiger partial charge in [-0.2, -0.15) is 4.31 Å². The van der Waals surface area contributed by atoms with Gasteiger partial charge in [-0.05, 0) is 41.8 Å². The number of carbonyl (C=O) groups is 1. The van der Waals surface area contributed by atoms with Gasteiger partial charge in [0.1, 0.15) is 0 Å². The van der Waals surface area contributed by atoms with Gasteiger partial charge in [-0.3, -0.25) is 4.79 Å². The smallest absolute Gasteiger partial charge is 0.243 e. The average Bonchev–Trinajstić information content (AvgIpc) is 3.01. The van der Waals surface area contributed by atoms with Gasteiger partial charge in [-0.25, -0.2) is 8.42 Å². The van der Waals surface area contributed by atoms with Crippen LogP contribution in [0.5, 0.6) is 0 Å². The minimum atomic E-state index is -3.64. The standard InChI is InChI=1S/C19H20N2O4S/c1-13-4-2-3-5-16(13)18-12-21(8-9-25-18)26(23,24)15-6-7-17-14(10-15)11-19(22)20-17/h2-7,10,18H,8-9,11-12H2,1H3,(H,20,22). The molecule has 2 aromatic rings. The van der Waals surface area contributed by atoms with Gasteiger partial charge < -0.3 is 10.1 Å². The van der Waals surface area contributed by atoms with E-state index in [-0.39, 0.29) is 29.9 Å². The molecular weight excluding hydrogens is 352 g/mol. The fourth-order valence-corrected chi connectivity index (χ4v) is 4.97. The van der Waals surface area contributed by atoms with Crippen molar-refractivity contribution in [3.8, 4) is 0 Å². The van der Waals surface area contributed by atoms with Crippen LogP contribution in [0.2, 0.25) is 0 Å². The highest BCUT2D eigenvalue weighted by atomic mass is 32.2. The zero-order chi connectivity index (χ0) is 18.3. The van der Waals surface area contributed by atoms with E-state index in [2.05, 4.69) is 5.32 Å². The number of amides is 1. The predicted octanol–water partition coefficient (Wildman–Crippen LogP) is 2.25. The van der Waals surface area contributed by atoms with Gasteiger partial charge >= 0.3 is 0 Å². The largest absolute Gasteiger partial charge is 0.371 e. The Morgan fingerprint density at radius 1 is 1.19 bits per heavy atom. The molecule has 2 heterocycles. The number of aryl methyl sites for hydroxylation is 1. The molecule has 2 aliphatic heterocycles. The number of hydrogen-bond acceptors (Lipinski definition) is 4. The zero-order valence-electron chi connectivity index (χ0n) is 14.4. The van der Waals surface area contributed by atoms with Crippen LogP contribution in [0.25, 0.3) is 0 Å². The van der Waals surface area contributed by atoms with Crippen LogP contribution >= 0.6 is 0 Å². The van der Waals surface area contributed by atoms with Crippen molar-refractivity contribution in [3.05, 3.63) is 59.2 Å². The van der Waals surface area contributed by atoms with Gasteiger partial charge in [0.2, 0.25) is 15.9 Å². The Kier molecular flexibility index (Phi) is 4.30. The van der Waals surface area contributed by atoms with Crippen molar-refractivity contribution in [2.45, 2.75) is 24.3 Å². The maximum Gasteiger partial charge on any atom is 0.243 e. The first-order valence-corrected chi connectivity index (χ1v) is 9.99. The quantitative estimate of drug-likeness (QED) is 0.897. The molecule has 0 aliphatic carbocycles. The van der Waals surface area contributed by atoms with Gasteiger partial charge in [0.05, 0.1) is 24.0 Å². The minimum absolute atomic E-state index is 0.111. The van der Waals surface area contributed by atoms with E-state index in [1.165, 1.54) is 4.31 Å². The zero-order valence-corrected chi connectivity index (χ0v) is 15.3. The van der Waals surface area contributed by atoms with Crippen LogP contribution in [0, 0.1) is 6.92 Å². The number of ether oxygens (including phenoxy) is 1. The Morgan fingerprint density at radius 2 is 2.00 bits per heavy atom. The lowest BCUT2D eigenvalue weighted by molar-refractivity contribution is -0.115. The second-order valence-electron chi connectivity index (χ2n) is 6.62. The fourth-order valence-electron chi connectivity index (χ4n) is 3.50. The van der Waals surface area contributed by atoms with Crippen molar-refractivity contribution in [2.75, 3.05) is 25.0 Å². The van der Waals surface area contributed by atoms with Crippen molar-refractivity contribution in [3.63, 3.8) is 0 Å². The van der Waals surface area contributed by atoms with Crippen LogP contribution in [0.1, 0.15) is 22.8 Å². The van der Waals surface area contributed by atoms with E-state index in [0.29, 0.717) is 18.8 Å². The van der Waals surface area contributed by atoms with E-state index in [4.69, 9.17) is 4.74 Å². The first kappa shape index (κ1) is 17.2. The summed E-state index contributed by atoms with van der Waals surface area (Å²) < 4.78 is 33.5. The summed E-state index contributed by atoms with van der Waals surface area (Å²) in [5, 5.41) is 2.72. The van der Waals surface area contributed by atoms with Gasteiger partial charge in [-0.15, -0.1) is 0 Å². The van der Waals surface area contributed by atoms with Crippen LogP contribution in [0.4, 0.5) is 5.69 Å². The summed E-state index contributed by atoms with van der Waals surface area (Å²) >= 11 is 0. The van der Waals surface area contributed by atoms with Crippen LogP contribution in [0.15, 0.2) is 47.4 Å². The van der Waals surface area contributed by atoms with Crippen molar-refractivity contribution < 1.29 is 17.9 Å². The number of carbonyl (C=O) groups excluding carboxylic acids is 1. The molecule has 1 atom stereocenters. The lowest BCUT2D eigenvalue weighted by atomic mass is 10.0. The Balaban J connectivity index is 1.61. The number of hydrogen-bond donors (Lipinski definition) is 1. The Hall–Kier alpha value is -2.22. The molecule has 1 unspecified atom stereocenters. The summed E-state index contributed by atoms with van der Waals surface area (Å²) in [5.41, 5.74) is 3.50. The summed E-state index contributed by atoms with van der Waals surface area (Å²) in [5.74, 6) is -0.111. The molecule has 0 aromatic heterocycles. The van der Waals surface area contributed by atoms with Gasteiger partial charge in [0, 0.05) is 18.8 Å². The first-order chi connectivity index (χ1) is 12.4. The highest BCUT2D eigenvalue weighted by Gasteiger charge is 2.33. The molecule has 1 saturated heterocycles. The molecular formula is C19H20N2O4S. The second-order valence-corrected chi connectivity index (χ2v) is 8.56. The maximum atomic E-state index is 13.1. The van der Waals surface area contributed by atoms with Crippen LogP contribution < -0.4 is 5.32 Å². The normalized spacial score (nSPS) is 20.7. The number of anilines is 1. The number of nitrogens with zero attached hydrogens (tertiary/aromatic N) is 1. The fraction of sp³-hybridized carbons (Fsp3) is 0.316. The molecule has 0 radical (unpaired) electrons. The molecule has 136 valence electrons.